The maximum atomic E-state index is 5.21. The summed E-state index contributed by atoms with van der Waals surface area (Å²) < 4.78 is 0. The van der Waals surface area contributed by atoms with Crippen molar-refractivity contribution in [2.75, 3.05) is 0 Å². The molecule has 0 spiro atoms. The van der Waals surface area contributed by atoms with Crippen molar-refractivity contribution >= 4 is 17.3 Å². The van der Waals surface area contributed by atoms with Gasteiger partial charge in [-0.05, 0) is 0 Å². The third-order valence-corrected chi connectivity index (χ3v) is 4.90. The second-order valence-electron chi connectivity index (χ2n) is 3.63. The molecule has 0 bridgehead atoms. The van der Waals surface area contributed by atoms with E-state index < -0.39 is 6.70 Å². The average Bonchev–Trinajstić information content (AvgIpc) is 2.41. The molecule has 100 valence electrons. The van der Waals surface area contributed by atoms with Crippen molar-refractivity contribution < 1.29 is 27.4 Å². The maximum absolute atomic E-state index is 5.21. The van der Waals surface area contributed by atoms with Gasteiger partial charge in [0.15, 0.2) is 0 Å². The van der Waals surface area contributed by atoms with Gasteiger partial charge in [-0.2, -0.15) is 0 Å². The molecule has 3 heteroatoms. The van der Waals surface area contributed by atoms with Gasteiger partial charge in [0, 0.05) is 0 Å². The van der Waals surface area contributed by atoms with Gasteiger partial charge in [-0.15, -0.1) is 0 Å². The Hall–Kier alpha value is -0.346. The van der Waals surface area contributed by atoms with Crippen molar-refractivity contribution in [3.63, 3.8) is 0 Å². The van der Waals surface area contributed by atoms with Crippen molar-refractivity contribution in [1.82, 2.24) is 0 Å². The molecule has 0 nitrogen and oxygen atoms in total. The van der Waals surface area contributed by atoms with Crippen LogP contribution < -0.4 is 23.0 Å². The summed E-state index contributed by atoms with van der Waals surface area (Å²) in [6.45, 7) is 3.70. The monoisotopic (exact) mass is 322 g/mol. The molecule has 0 unspecified atom stereocenters. The van der Waals surface area contributed by atoms with E-state index in [-0.39, 0.29) is 12.4 Å². The van der Waals surface area contributed by atoms with Crippen LogP contribution in [0, 0.1) is 0 Å². The molecule has 0 aliphatic heterocycles. The Morgan fingerprint density at radius 2 is 1.06 bits per heavy atom. The van der Waals surface area contributed by atoms with E-state index in [4.69, 9.17) is 15.0 Å². The van der Waals surface area contributed by atoms with Crippen LogP contribution >= 0.6 is 6.70 Å². The molecule has 2 aromatic carbocycles. The molecule has 0 amide bonds. The van der Waals surface area contributed by atoms with Crippen LogP contribution in [0.15, 0.2) is 60.7 Å². The Morgan fingerprint density at radius 3 is 1.33 bits per heavy atom. The summed E-state index contributed by atoms with van der Waals surface area (Å²) >= 11 is 5.21. The van der Waals surface area contributed by atoms with E-state index in [0.29, 0.717) is 0 Å². The van der Waals surface area contributed by atoms with Crippen LogP contribution in [0.1, 0.15) is 20.3 Å². The van der Waals surface area contributed by atoms with Crippen LogP contribution in [0.25, 0.3) is 0 Å². The zero-order valence-electron chi connectivity index (χ0n) is 10.6. The van der Waals surface area contributed by atoms with Gasteiger partial charge in [-0.3, -0.25) is 0 Å². The first-order valence-corrected chi connectivity index (χ1v) is 8.33. The molecule has 0 saturated heterocycles. The van der Waals surface area contributed by atoms with Crippen molar-refractivity contribution in [2.45, 2.75) is 20.3 Å². The first kappa shape index (κ1) is 17.7. The fourth-order valence-electron chi connectivity index (χ4n) is 1.25. The molecule has 2 aromatic rings. The number of benzene rings is 2. The molecule has 0 aromatic heterocycles. The molecule has 18 heavy (non-hydrogen) atoms. The van der Waals surface area contributed by atoms with Crippen LogP contribution in [-0.2, 0) is 15.0 Å². The molecule has 2 rings (SSSR count). The first-order valence-electron chi connectivity index (χ1n) is 5.82. The predicted octanol–water partition coefficient (Wildman–Crippen LogP) is 1.00. The third-order valence-electron chi connectivity index (χ3n) is 1.93. The van der Waals surface area contributed by atoms with Gasteiger partial charge in [0.2, 0.25) is 0 Å². The normalized spacial score (nSPS) is 9.17. The van der Waals surface area contributed by atoms with E-state index >= 15 is 0 Å². The first-order chi connectivity index (χ1) is 8.29. The van der Waals surface area contributed by atoms with Crippen molar-refractivity contribution in [3.05, 3.63) is 60.7 Å². The average molecular weight is 323 g/mol. The summed E-state index contributed by atoms with van der Waals surface area (Å²) in [6.07, 6.45) is 1.25. The van der Waals surface area contributed by atoms with Gasteiger partial charge in [-0.1, -0.05) is 20.3 Å². The van der Waals surface area contributed by atoms with Gasteiger partial charge in [0.1, 0.15) is 0 Å². The fraction of sp³-hybridized carbons (Fsp3) is 0.200. The predicted molar refractivity (Wildman–Crippen MR) is 75.0 cm³/mol. The van der Waals surface area contributed by atoms with Crippen LogP contribution in [0.4, 0.5) is 0 Å². The van der Waals surface area contributed by atoms with E-state index in [1.54, 1.807) is 0 Å². The van der Waals surface area contributed by atoms with Gasteiger partial charge in [0.25, 0.3) is 0 Å². The number of rotatable bonds is 2. The number of hydrogen-bond acceptors (Lipinski definition) is 0. The molecule has 0 N–H and O–H groups in total. The van der Waals surface area contributed by atoms with Crippen molar-refractivity contribution in [3.8, 4) is 0 Å². The minimum absolute atomic E-state index is 0. The van der Waals surface area contributed by atoms with E-state index in [1.807, 2.05) is 36.4 Å². The topological polar surface area (TPSA) is 0 Å². The summed E-state index contributed by atoms with van der Waals surface area (Å²) in [5.74, 6) is 0. The molecule has 0 fully saturated rings. The van der Waals surface area contributed by atoms with E-state index in [9.17, 15) is 0 Å². The van der Waals surface area contributed by atoms with Gasteiger partial charge in [-0.25, -0.2) is 0 Å². The molecule has 0 saturated carbocycles. The van der Waals surface area contributed by atoms with E-state index in [1.165, 1.54) is 17.0 Å². The molecule has 0 aliphatic carbocycles. The third kappa shape index (κ3) is 6.01. The molecule has 0 atom stereocenters. The molecule has 0 radical (unpaired) electrons. The quantitative estimate of drug-likeness (QED) is 0.571. The summed E-state index contributed by atoms with van der Waals surface area (Å²) in [4.78, 5) is 0. The Bertz CT molecular complexity index is 366. The second kappa shape index (κ2) is 10.6. The van der Waals surface area contributed by atoms with E-state index in [0.717, 1.165) is 0 Å². The van der Waals surface area contributed by atoms with Gasteiger partial charge in [0.05, 0.1) is 0 Å². The Kier molecular flexibility index (Phi) is 10.4. The van der Waals surface area contributed by atoms with Crippen molar-refractivity contribution in [2.24, 2.45) is 0 Å². The van der Waals surface area contributed by atoms with Crippen LogP contribution in [0.3, 0.4) is 0 Å². The van der Waals surface area contributed by atoms with Crippen LogP contribution in [0.5, 0.6) is 0 Å². The molecule has 0 heterocycles. The van der Waals surface area contributed by atoms with Gasteiger partial charge >= 0.3 is 93.0 Å². The van der Waals surface area contributed by atoms with Crippen molar-refractivity contribution in [1.29, 1.82) is 0 Å². The summed E-state index contributed by atoms with van der Waals surface area (Å²) in [5.41, 5.74) is 0. The van der Waals surface area contributed by atoms with Gasteiger partial charge < -0.3 is 12.4 Å². The summed E-state index contributed by atoms with van der Waals surface area (Å²) in [5, 5.41) is 2.54. The Balaban J connectivity index is 0.000000660. The zero-order chi connectivity index (χ0) is 12.5. The second-order valence-corrected chi connectivity index (χ2v) is 6.50. The molecule has 0 aliphatic rings. The SMILES string of the molecule is CCC.[Cl-].[Ni+][P](c1ccccc1)c1ccccc1. The Morgan fingerprint density at radius 1 is 0.778 bits per heavy atom. The fourth-order valence-corrected chi connectivity index (χ4v) is 3.26. The van der Waals surface area contributed by atoms with Crippen LogP contribution in [-0.4, -0.2) is 0 Å². The zero-order valence-corrected chi connectivity index (χ0v) is 13.3. The van der Waals surface area contributed by atoms with E-state index in [2.05, 4.69) is 38.1 Å². The number of halogens is 1. The molecular weight excluding hydrogens is 305 g/mol. The summed E-state index contributed by atoms with van der Waals surface area (Å²) in [7, 11) is 0. The summed E-state index contributed by atoms with van der Waals surface area (Å²) in [6, 6.07) is 20.7. The standard InChI is InChI=1S/C12H10P.C3H8.ClH.Ni/c1-3-7-11(8-4-1)13-12-9-5-2-6-10-12;1-3-2;;/h1-10H;3H2,1-2H3;1H;/q-1;;;+2/p-1. The Labute approximate surface area is 125 Å². The van der Waals surface area contributed by atoms with Crippen LogP contribution in [0.2, 0.25) is 0 Å². The molecular formula is C15H18ClNiP. The number of hydrogen-bond donors (Lipinski definition) is 0. The minimum atomic E-state index is -0.546.